The van der Waals surface area contributed by atoms with Crippen molar-refractivity contribution in [3.63, 3.8) is 0 Å². The molecule has 1 saturated carbocycles. The second kappa shape index (κ2) is 5.37. The molecule has 1 aliphatic carbocycles. The maximum absolute atomic E-state index is 4.29. The number of benzene rings is 1. The lowest BCUT2D eigenvalue weighted by molar-refractivity contribution is 0.364. The van der Waals surface area contributed by atoms with Crippen LogP contribution < -0.4 is 5.32 Å². The van der Waals surface area contributed by atoms with Gasteiger partial charge in [-0.1, -0.05) is 44.2 Å². The third kappa shape index (κ3) is 2.90. The fourth-order valence-corrected chi connectivity index (χ4v) is 3.05. The number of H-pyrrole nitrogens is 1. The summed E-state index contributed by atoms with van der Waals surface area (Å²) in [4.78, 5) is 0. The zero-order chi connectivity index (χ0) is 14.0. The first-order valence-electron chi connectivity index (χ1n) is 7.32. The molecule has 1 heterocycles. The second-order valence-corrected chi connectivity index (χ2v) is 6.47. The van der Waals surface area contributed by atoms with Crippen molar-refractivity contribution in [3.05, 3.63) is 36.0 Å². The molecule has 0 aliphatic heterocycles. The lowest BCUT2D eigenvalue weighted by atomic mass is 9.92. The molecule has 0 saturated heterocycles. The summed E-state index contributed by atoms with van der Waals surface area (Å²) in [6.07, 6.45) is 3.80. The van der Waals surface area contributed by atoms with Crippen LogP contribution in [-0.2, 0) is 6.54 Å². The molecule has 0 radical (unpaired) electrons. The van der Waals surface area contributed by atoms with E-state index in [1.807, 2.05) is 18.2 Å². The molecule has 0 bridgehead atoms. The molecule has 4 heteroatoms. The third-order valence-corrected chi connectivity index (χ3v) is 4.19. The SMILES string of the molecule is CC1(C)CCC(NCc2n[nH]nc2-c2ccccc2)C1. The summed E-state index contributed by atoms with van der Waals surface area (Å²) >= 11 is 0. The van der Waals surface area contributed by atoms with Crippen molar-refractivity contribution >= 4 is 0 Å². The van der Waals surface area contributed by atoms with Crippen LogP contribution in [0.25, 0.3) is 11.3 Å². The topological polar surface area (TPSA) is 53.6 Å². The van der Waals surface area contributed by atoms with Gasteiger partial charge in [0.1, 0.15) is 11.4 Å². The predicted octanol–water partition coefficient (Wildman–Crippen LogP) is 3.14. The fourth-order valence-electron chi connectivity index (χ4n) is 3.05. The average Bonchev–Trinajstić information content (AvgIpc) is 3.03. The Morgan fingerprint density at radius 3 is 2.75 bits per heavy atom. The van der Waals surface area contributed by atoms with Gasteiger partial charge in [0.05, 0.1) is 0 Å². The number of nitrogens with zero attached hydrogens (tertiary/aromatic N) is 2. The summed E-state index contributed by atoms with van der Waals surface area (Å²) in [5.41, 5.74) is 3.55. The van der Waals surface area contributed by atoms with Crippen molar-refractivity contribution in [2.75, 3.05) is 0 Å². The molecule has 0 amide bonds. The first-order valence-corrected chi connectivity index (χ1v) is 7.32. The summed E-state index contributed by atoms with van der Waals surface area (Å²) in [5.74, 6) is 0. The van der Waals surface area contributed by atoms with Crippen LogP contribution in [0.4, 0.5) is 0 Å². The smallest absolute Gasteiger partial charge is 0.117 e. The van der Waals surface area contributed by atoms with Gasteiger partial charge in [0.2, 0.25) is 0 Å². The molecular formula is C16H22N4. The van der Waals surface area contributed by atoms with E-state index in [0.717, 1.165) is 23.5 Å². The Labute approximate surface area is 120 Å². The van der Waals surface area contributed by atoms with Gasteiger partial charge in [-0.05, 0) is 24.7 Å². The highest BCUT2D eigenvalue weighted by molar-refractivity contribution is 5.60. The minimum atomic E-state index is 0.476. The number of aromatic nitrogens is 3. The molecule has 4 nitrogen and oxygen atoms in total. The molecule has 1 atom stereocenters. The van der Waals surface area contributed by atoms with E-state index in [4.69, 9.17) is 0 Å². The van der Waals surface area contributed by atoms with Crippen LogP contribution in [0.2, 0.25) is 0 Å². The van der Waals surface area contributed by atoms with Crippen molar-refractivity contribution in [2.24, 2.45) is 5.41 Å². The zero-order valence-corrected chi connectivity index (χ0v) is 12.2. The Morgan fingerprint density at radius 1 is 1.25 bits per heavy atom. The quantitative estimate of drug-likeness (QED) is 0.897. The summed E-state index contributed by atoms with van der Waals surface area (Å²) in [6, 6.07) is 10.8. The first-order chi connectivity index (χ1) is 9.64. The Bertz CT molecular complexity index is 559. The minimum Gasteiger partial charge on any atom is -0.308 e. The lowest BCUT2D eigenvalue weighted by Crippen LogP contribution is -2.27. The van der Waals surface area contributed by atoms with Crippen LogP contribution in [0, 0.1) is 5.41 Å². The van der Waals surface area contributed by atoms with Gasteiger partial charge in [-0.2, -0.15) is 15.4 Å². The van der Waals surface area contributed by atoms with E-state index in [1.165, 1.54) is 19.3 Å². The highest BCUT2D eigenvalue weighted by atomic mass is 15.3. The second-order valence-electron chi connectivity index (χ2n) is 6.47. The van der Waals surface area contributed by atoms with Crippen molar-refractivity contribution < 1.29 is 0 Å². The molecule has 1 fully saturated rings. The summed E-state index contributed by atoms with van der Waals surface area (Å²) in [7, 11) is 0. The van der Waals surface area contributed by atoms with E-state index in [9.17, 15) is 0 Å². The molecule has 2 aromatic rings. The van der Waals surface area contributed by atoms with Crippen molar-refractivity contribution in [3.8, 4) is 11.3 Å². The van der Waals surface area contributed by atoms with Crippen LogP contribution in [-0.4, -0.2) is 21.5 Å². The van der Waals surface area contributed by atoms with Gasteiger partial charge in [-0.3, -0.25) is 0 Å². The standard InChI is InChI=1S/C16H22N4/c1-16(2)9-8-13(10-16)17-11-14-15(19-20-18-14)12-6-4-3-5-7-12/h3-7,13,17H,8-11H2,1-2H3,(H,18,19,20). The summed E-state index contributed by atoms with van der Waals surface area (Å²) in [5, 5.41) is 15.0. The molecule has 1 aromatic heterocycles. The van der Waals surface area contributed by atoms with Gasteiger partial charge >= 0.3 is 0 Å². The number of nitrogens with one attached hydrogen (secondary N) is 2. The maximum atomic E-state index is 4.29. The van der Waals surface area contributed by atoms with Crippen LogP contribution in [0.15, 0.2) is 30.3 Å². The van der Waals surface area contributed by atoms with Gasteiger partial charge < -0.3 is 5.32 Å². The molecule has 0 spiro atoms. The Balaban J connectivity index is 1.66. The van der Waals surface area contributed by atoms with Crippen LogP contribution in [0.5, 0.6) is 0 Å². The van der Waals surface area contributed by atoms with E-state index >= 15 is 0 Å². The van der Waals surface area contributed by atoms with Crippen LogP contribution in [0.1, 0.15) is 38.8 Å². The lowest BCUT2D eigenvalue weighted by Gasteiger charge is -2.17. The largest absolute Gasteiger partial charge is 0.308 e. The molecule has 1 unspecified atom stereocenters. The highest BCUT2D eigenvalue weighted by Gasteiger charge is 2.30. The number of rotatable bonds is 4. The average molecular weight is 270 g/mol. The van der Waals surface area contributed by atoms with E-state index in [1.54, 1.807) is 0 Å². The normalized spacial score (nSPS) is 21.2. The highest BCUT2D eigenvalue weighted by Crippen LogP contribution is 2.37. The van der Waals surface area contributed by atoms with Crippen molar-refractivity contribution in [1.82, 2.24) is 20.7 Å². The fraction of sp³-hybridized carbons (Fsp3) is 0.500. The molecule has 1 aliphatic rings. The molecule has 2 N–H and O–H groups in total. The van der Waals surface area contributed by atoms with E-state index in [2.05, 4.69) is 46.7 Å². The minimum absolute atomic E-state index is 0.476. The number of hydrogen-bond acceptors (Lipinski definition) is 3. The van der Waals surface area contributed by atoms with Crippen LogP contribution >= 0.6 is 0 Å². The predicted molar refractivity (Wildman–Crippen MR) is 80.1 cm³/mol. The van der Waals surface area contributed by atoms with E-state index in [-0.39, 0.29) is 0 Å². The first kappa shape index (κ1) is 13.3. The number of hydrogen-bond donors (Lipinski definition) is 2. The molecule has 106 valence electrons. The van der Waals surface area contributed by atoms with Gasteiger partial charge in [-0.15, -0.1) is 0 Å². The third-order valence-electron chi connectivity index (χ3n) is 4.19. The van der Waals surface area contributed by atoms with Crippen molar-refractivity contribution in [1.29, 1.82) is 0 Å². The number of aromatic amines is 1. The van der Waals surface area contributed by atoms with Gasteiger partial charge in [0.15, 0.2) is 0 Å². The molecule has 3 rings (SSSR count). The van der Waals surface area contributed by atoms with Gasteiger partial charge in [0.25, 0.3) is 0 Å². The van der Waals surface area contributed by atoms with E-state index < -0.39 is 0 Å². The Morgan fingerprint density at radius 2 is 2.05 bits per heavy atom. The Kier molecular flexibility index (Phi) is 3.57. The van der Waals surface area contributed by atoms with E-state index in [0.29, 0.717) is 11.5 Å². The summed E-state index contributed by atoms with van der Waals surface area (Å²) < 4.78 is 0. The summed E-state index contributed by atoms with van der Waals surface area (Å²) in [6.45, 7) is 5.47. The molecular weight excluding hydrogens is 248 g/mol. The van der Waals surface area contributed by atoms with Crippen LogP contribution in [0.3, 0.4) is 0 Å². The van der Waals surface area contributed by atoms with Gasteiger partial charge in [0, 0.05) is 18.2 Å². The Hall–Kier alpha value is -1.68. The zero-order valence-electron chi connectivity index (χ0n) is 12.2. The van der Waals surface area contributed by atoms with Crippen molar-refractivity contribution in [2.45, 2.75) is 45.7 Å². The molecule has 20 heavy (non-hydrogen) atoms. The maximum Gasteiger partial charge on any atom is 0.117 e. The molecule has 1 aromatic carbocycles. The monoisotopic (exact) mass is 270 g/mol. The van der Waals surface area contributed by atoms with Gasteiger partial charge in [-0.25, -0.2) is 0 Å².